The lowest BCUT2D eigenvalue weighted by atomic mass is 10.2. The number of nitrogens with zero attached hydrogens (tertiary/aromatic N) is 2. The molecule has 0 atom stereocenters. The number of benzene rings is 1. The molecule has 1 heterocycles. The van der Waals surface area contributed by atoms with Crippen LogP contribution in [0.1, 0.15) is 33.6 Å². The summed E-state index contributed by atoms with van der Waals surface area (Å²) in [6, 6.07) is 10.8. The minimum Gasteiger partial charge on any atom is -0.369 e. The van der Waals surface area contributed by atoms with Crippen LogP contribution in [0.5, 0.6) is 0 Å². The SMILES string of the molecule is CC.CCCCN1CCN(c2ccccc2)CC1. The van der Waals surface area contributed by atoms with Crippen LogP contribution in [-0.2, 0) is 0 Å². The van der Waals surface area contributed by atoms with Crippen LogP contribution in [-0.4, -0.2) is 37.6 Å². The minimum atomic E-state index is 1.17. The molecular weight excluding hydrogens is 220 g/mol. The van der Waals surface area contributed by atoms with Crippen molar-refractivity contribution in [1.29, 1.82) is 0 Å². The normalized spacial score (nSPS) is 16.1. The summed E-state index contributed by atoms with van der Waals surface area (Å²) in [5.74, 6) is 0. The van der Waals surface area contributed by atoms with E-state index in [0.717, 1.165) is 0 Å². The van der Waals surface area contributed by atoms with Gasteiger partial charge in [0.25, 0.3) is 0 Å². The van der Waals surface area contributed by atoms with Gasteiger partial charge in [-0.2, -0.15) is 0 Å². The maximum Gasteiger partial charge on any atom is 0.0367 e. The third kappa shape index (κ3) is 4.69. The molecule has 2 heteroatoms. The molecule has 0 bridgehead atoms. The van der Waals surface area contributed by atoms with Gasteiger partial charge < -0.3 is 4.90 Å². The van der Waals surface area contributed by atoms with Crippen LogP contribution >= 0.6 is 0 Å². The number of anilines is 1. The summed E-state index contributed by atoms with van der Waals surface area (Å²) in [6.07, 6.45) is 2.64. The maximum atomic E-state index is 2.59. The lowest BCUT2D eigenvalue weighted by molar-refractivity contribution is 0.254. The van der Waals surface area contributed by atoms with Crippen LogP contribution in [0.4, 0.5) is 5.69 Å². The molecule has 0 aromatic heterocycles. The molecule has 0 amide bonds. The van der Waals surface area contributed by atoms with Crippen molar-refractivity contribution in [3.63, 3.8) is 0 Å². The van der Waals surface area contributed by atoms with E-state index in [-0.39, 0.29) is 0 Å². The maximum absolute atomic E-state index is 2.59. The zero-order chi connectivity index (χ0) is 13.2. The molecule has 2 rings (SSSR count). The van der Waals surface area contributed by atoms with E-state index in [0.29, 0.717) is 0 Å². The predicted molar refractivity (Wildman–Crippen MR) is 81.4 cm³/mol. The van der Waals surface area contributed by atoms with Gasteiger partial charge in [0.05, 0.1) is 0 Å². The Hall–Kier alpha value is -1.02. The molecule has 0 aliphatic carbocycles. The Morgan fingerprint density at radius 1 is 0.944 bits per heavy atom. The number of hydrogen-bond donors (Lipinski definition) is 0. The molecule has 0 N–H and O–H groups in total. The fraction of sp³-hybridized carbons (Fsp3) is 0.625. The first-order chi connectivity index (χ1) is 8.90. The van der Waals surface area contributed by atoms with Crippen LogP contribution in [0.2, 0.25) is 0 Å². The summed E-state index contributed by atoms with van der Waals surface area (Å²) in [4.78, 5) is 5.07. The first-order valence-corrected chi connectivity index (χ1v) is 7.42. The lowest BCUT2D eigenvalue weighted by Gasteiger charge is -2.36. The van der Waals surface area contributed by atoms with Gasteiger partial charge in [0, 0.05) is 31.9 Å². The van der Waals surface area contributed by atoms with Crippen molar-refractivity contribution in [3.8, 4) is 0 Å². The molecule has 18 heavy (non-hydrogen) atoms. The van der Waals surface area contributed by atoms with Crippen molar-refractivity contribution >= 4 is 5.69 Å². The standard InChI is InChI=1S/C14H22N2.C2H6/c1-2-3-9-15-10-12-16(13-11-15)14-7-5-4-6-8-14;1-2/h4-8H,2-3,9-13H2,1H3;1-2H3. The molecule has 1 saturated heterocycles. The van der Waals surface area contributed by atoms with Crippen molar-refractivity contribution in [3.05, 3.63) is 30.3 Å². The lowest BCUT2D eigenvalue weighted by Crippen LogP contribution is -2.46. The molecule has 102 valence electrons. The molecule has 0 radical (unpaired) electrons. The predicted octanol–water partition coefficient (Wildman–Crippen LogP) is 3.63. The molecule has 1 aromatic rings. The number of hydrogen-bond acceptors (Lipinski definition) is 2. The highest BCUT2D eigenvalue weighted by molar-refractivity contribution is 5.46. The summed E-state index contributed by atoms with van der Waals surface area (Å²) in [7, 11) is 0. The number of rotatable bonds is 4. The zero-order valence-corrected chi connectivity index (χ0v) is 12.2. The molecule has 0 saturated carbocycles. The zero-order valence-electron chi connectivity index (χ0n) is 12.2. The summed E-state index contributed by atoms with van der Waals surface area (Å²) < 4.78 is 0. The topological polar surface area (TPSA) is 6.48 Å². The Morgan fingerprint density at radius 3 is 2.11 bits per heavy atom. The Morgan fingerprint density at radius 2 is 1.56 bits per heavy atom. The van der Waals surface area contributed by atoms with Crippen molar-refractivity contribution < 1.29 is 0 Å². The summed E-state index contributed by atoms with van der Waals surface area (Å²) in [6.45, 7) is 12.3. The van der Waals surface area contributed by atoms with E-state index >= 15 is 0 Å². The smallest absolute Gasteiger partial charge is 0.0367 e. The first-order valence-electron chi connectivity index (χ1n) is 7.42. The highest BCUT2D eigenvalue weighted by atomic mass is 15.3. The Labute approximate surface area is 113 Å². The fourth-order valence-electron chi connectivity index (χ4n) is 2.25. The quantitative estimate of drug-likeness (QED) is 0.803. The largest absolute Gasteiger partial charge is 0.369 e. The van der Waals surface area contributed by atoms with Gasteiger partial charge in [-0.15, -0.1) is 0 Å². The van der Waals surface area contributed by atoms with Crippen LogP contribution in [0.25, 0.3) is 0 Å². The van der Waals surface area contributed by atoms with E-state index < -0.39 is 0 Å². The van der Waals surface area contributed by atoms with Crippen molar-refractivity contribution in [2.24, 2.45) is 0 Å². The average Bonchev–Trinajstić information content (AvgIpc) is 2.49. The number of unbranched alkanes of at least 4 members (excludes halogenated alkanes) is 1. The van der Waals surface area contributed by atoms with E-state index in [2.05, 4.69) is 47.1 Å². The molecule has 1 aliphatic rings. The van der Waals surface area contributed by atoms with Gasteiger partial charge in [0.15, 0.2) is 0 Å². The Balaban J connectivity index is 0.000000771. The van der Waals surface area contributed by atoms with E-state index in [1.54, 1.807) is 0 Å². The molecule has 1 aromatic carbocycles. The number of para-hydroxylation sites is 1. The third-order valence-electron chi connectivity index (χ3n) is 3.32. The van der Waals surface area contributed by atoms with Gasteiger partial charge in [-0.1, -0.05) is 45.4 Å². The second kappa shape index (κ2) is 8.98. The third-order valence-corrected chi connectivity index (χ3v) is 3.32. The van der Waals surface area contributed by atoms with Crippen LogP contribution in [0.15, 0.2) is 30.3 Å². The van der Waals surface area contributed by atoms with Crippen LogP contribution < -0.4 is 4.90 Å². The number of piperazine rings is 1. The highest BCUT2D eigenvalue weighted by Gasteiger charge is 2.15. The molecule has 0 spiro atoms. The molecule has 0 unspecified atom stereocenters. The average molecular weight is 248 g/mol. The second-order valence-electron chi connectivity index (χ2n) is 4.52. The van der Waals surface area contributed by atoms with Gasteiger partial charge in [-0.05, 0) is 25.1 Å². The summed E-state index contributed by atoms with van der Waals surface area (Å²) in [5, 5.41) is 0. The van der Waals surface area contributed by atoms with Gasteiger partial charge in [-0.3, -0.25) is 4.90 Å². The monoisotopic (exact) mass is 248 g/mol. The van der Waals surface area contributed by atoms with Crippen LogP contribution in [0.3, 0.4) is 0 Å². The Bertz CT molecular complexity index is 289. The summed E-state index contributed by atoms with van der Waals surface area (Å²) >= 11 is 0. The van der Waals surface area contributed by atoms with Crippen molar-refractivity contribution in [1.82, 2.24) is 4.90 Å². The first kappa shape index (κ1) is 15.0. The molecular formula is C16H28N2. The van der Waals surface area contributed by atoms with E-state index in [1.165, 1.54) is 51.3 Å². The fourth-order valence-corrected chi connectivity index (χ4v) is 2.25. The highest BCUT2D eigenvalue weighted by Crippen LogP contribution is 2.15. The van der Waals surface area contributed by atoms with E-state index in [4.69, 9.17) is 0 Å². The van der Waals surface area contributed by atoms with Gasteiger partial charge >= 0.3 is 0 Å². The summed E-state index contributed by atoms with van der Waals surface area (Å²) in [5.41, 5.74) is 1.37. The second-order valence-corrected chi connectivity index (χ2v) is 4.52. The van der Waals surface area contributed by atoms with Crippen molar-refractivity contribution in [2.75, 3.05) is 37.6 Å². The van der Waals surface area contributed by atoms with Gasteiger partial charge in [0.1, 0.15) is 0 Å². The molecule has 1 aliphatic heterocycles. The Kier molecular flexibility index (Phi) is 7.51. The minimum absolute atomic E-state index is 1.17. The molecule has 1 fully saturated rings. The van der Waals surface area contributed by atoms with Gasteiger partial charge in [0.2, 0.25) is 0 Å². The van der Waals surface area contributed by atoms with Crippen molar-refractivity contribution in [2.45, 2.75) is 33.6 Å². The van der Waals surface area contributed by atoms with Crippen LogP contribution in [0, 0.1) is 0 Å². The van der Waals surface area contributed by atoms with E-state index in [1.807, 2.05) is 13.8 Å². The van der Waals surface area contributed by atoms with Gasteiger partial charge in [-0.25, -0.2) is 0 Å². The molecule has 2 nitrogen and oxygen atoms in total. The van der Waals surface area contributed by atoms with E-state index in [9.17, 15) is 0 Å².